The van der Waals surface area contributed by atoms with E-state index in [1.165, 1.54) is 11.1 Å². The quantitative estimate of drug-likeness (QED) is 0.298. The van der Waals surface area contributed by atoms with Crippen LogP contribution in [-0.2, 0) is 5.75 Å². The number of pyridine rings is 1. The number of nitrogens with zero attached hydrogens (tertiary/aromatic N) is 2. The maximum Gasteiger partial charge on any atom is 0.173 e. The molecule has 0 amide bonds. The minimum atomic E-state index is 0.0994. The van der Waals surface area contributed by atoms with Crippen LogP contribution in [-0.4, -0.2) is 16.0 Å². The summed E-state index contributed by atoms with van der Waals surface area (Å²) < 4.78 is 0. The van der Waals surface area contributed by atoms with E-state index >= 15 is 0 Å². The van der Waals surface area contributed by atoms with Gasteiger partial charge in [0.05, 0.1) is 5.56 Å². The zero-order chi connectivity index (χ0) is 14.5. The summed E-state index contributed by atoms with van der Waals surface area (Å²) in [5.74, 6) is 0.895. The van der Waals surface area contributed by atoms with Crippen molar-refractivity contribution >= 4 is 17.6 Å². The smallest absolute Gasteiger partial charge is 0.173 e. The van der Waals surface area contributed by atoms with Crippen LogP contribution < -0.4 is 5.73 Å². The summed E-state index contributed by atoms with van der Waals surface area (Å²) >= 11 is 1.58. The molecule has 104 valence electrons. The van der Waals surface area contributed by atoms with Gasteiger partial charge in [0.2, 0.25) is 0 Å². The van der Waals surface area contributed by atoms with Crippen molar-refractivity contribution in [3.8, 4) is 0 Å². The summed E-state index contributed by atoms with van der Waals surface area (Å²) in [4.78, 5) is 4.34. The van der Waals surface area contributed by atoms with Crippen LogP contribution in [0.4, 0.5) is 0 Å². The number of hydrogen-bond acceptors (Lipinski definition) is 4. The highest BCUT2D eigenvalue weighted by Gasteiger charge is 2.12. The minimum absolute atomic E-state index is 0.0994. The second kappa shape index (κ2) is 6.43. The van der Waals surface area contributed by atoms with Crippen molar-refractivity contribution in [2.45, 2.75) is 24.6 Å². The molecule has 0 atom stereocenters. The van der Waals surface area contributed by atoms with Gasteiger partial charge in [-0.15, -0.1) is 11.8 Å². The lowest BCUT2D eigenvalue weighted by molar-refractivity contribution is 0.318. The highest BCUT2D eigenvalue weighted by atomic mass is 32.2. The minimum Gasteiger partial charge on any atom is -0.409 e. The lowest BCUT2D eigenvalue weighted by Gasteiger charge is -2.10. The van der Waals surface area contributed by atoms with Crippen molar-refractivity contribution in [2.75, 3.05) is 0 Å². The van der Waals surface area contributed by atoms with Crippen LogP contribution in [0.2, 0.25) is 0 Å². The molecule has 0 fully saturated rings. The van der Waals surface area contributed by atoms with Crippen molar-refractivity contribution in [1.29, 1.82) is 0 Å². The first-order chi connectivity index (χ1) is 9.61. The van der Waals surface area contributed by atoms with Gasteiger partial charge in [-0.2, -0.15) is 0 Å². The van der Waals surface area contributed by atoms with Crippen LogP contribution in [0.15, 0.2) is 46.7 Å². The second-order valence-electron chi connectivity index (χ2n) is 4.57. The van der Waals surface area contributed by atoms with Crippen LogP contribution >= 0.6 is 11.8 Å². The lowest BCUT2D eigenvalue weighted by Crippen LogP contribution is -2.16. The Labute approximate surface area is 122 Å². The van der Waals surface area contributed by atoms with Gasteiger partial charge in [0.25, 0.3) is 0 Å². The van der Waals surface area contributed by atoms with Crippen molar-refractivity contribution in [3.63, 3.8) is 0 Å². The van der Waals surface area contributed by atoms with Crippen molar-refractivity contribution in [2.24, 2.45) is 10.9 Å². The number of benzene rings is 1. The maximum absolute atomic E-state index is 8.88. The topological polar surface area (TPSA) is 71.5 Å². The van der Waals surface area contributed by atoms with E-state index in [4.69, 9.17) is 10.9 Å². The zero-order valence-corrected chi connectivity index (χ0v) is 12.3. The Bertz CT molecular complexity index is 641. The normalized spacial score (nSPS) is 11.6. The average Bonchev–Trinajstić information content (AvgIpc) is 2.44. The number of oxime groups is 1. The summed E-state index contributed by atoms with van der Waals surface area (Å²) in [5.41, 5.74) is 9.84. The van der Waals surface area contributed by atoms with Gasteiger partial charge in [-0.05, 0) is 31.0 Å². The fourth-order valence-electron chi connectivity index (χ4n) is 1.96. The third-order valence-electron chi connectivity index (χ3n) is 2.95. The summed E-state index contributed by atoms with van der Waals surface area (Å²) in [5, 5.41) is 12.8. The molecule has 0 aliphatic carbocycles. The van der Waals surface area contributed by atoms with Crippen LogP contribution in [0, 0.1) is 13.8 Å². The van der Waals surface area contributed by atoms with E-state index in [1.54, 1.807) is 18.0 Å². The number of aryl methyl sites for hydroxylation is 2. The molecule has 0 saturated carbocycles. The number of nitrogens with two attached hydrogens (primary N) is 1. The first-order valence-corrected chi connectivity index (χ1v) is 7.22. The molecular formula is C15H17N3OS. The van der Waals surface area contributed by atoms with Gasteiger partial charge < -0.3 is 10.9 Å². The molecule has 1 aromatic carbocycles. The van der Waals surface area contributed by atoms with Crippen LogP contribution in [0.3, 0.4) is 0 Å². The standard InChI is InChI=1S/C15H17N3OS/c1-10-4-3-5-12(8-10)9-20-15-13(14(16)18-19)11(2)6-7-17-15/h3-8,19H,9H2,1-2H3,(H2,16,18). The highest BCUT2D eigenvalue weighted by Crippen LogP contribution is 2.26. The van der Waals surface area contributed by atoms with Crippen LogP contribution in [0.1, 0.15) is 22.3 Å². The molecule has 1 aromatic heterocycles. The molecule has 2 aromatic rings. The molecular weight excluding hydrogens is 270 g/mol. The van der Waals surface area contributed by atoms with Crippen molar-refractivity contribution in [1.82, 2.24) is 4.98 Å². The molecule has 0 bridgehead atoms. The predicted molar refractivity (Wildman–Crippen MR) is 82.2 cm³/mol. The van der Waals surface area contributed by atoms with Gasteiger partial charge in [0, 0.05) is 11.9 Å². The molecule has 4 nitrogen and oxygen atoms in total. The van der Waals surface area contributed by atoms with Gasteiger partial charge >= 0.3 is 0 Å². The molecule has 0 saturated heterocycles. The summed E-state index contributed by atoms with van der Waals surface area (Å²) in [6.45, 7) is 3.99. The Balaban J connectivity index is 2.24. The molecule has 0 aliphatic rings. The van der Waals surface area contributed by atoms with Crippen LogP contribution in [0.25, 0.3) is 0 Å². The van der Waals surface area contributed by atoms with Gasteiger partial charge in [0.15, 0.2) is 5.84 Å². The van der Waals surface area contributed by atoms with E-state index in [0.717, 1.165) is 16.3 Å². The fourth-order valence-corrected chi connectivity index (χ4v) is 2.99. The summed E-state index contributed by atoms with van der Waals surface area (Å²) in [6, 6.07) is 10.2. The summed E-state index contributed by atoms with van der Waals surface area (Å²) in [7, 11) is 0. The molecule has 3 N–H and O–H groups in total. The third-order valence-corrected chi connectivity index (χ3v) is 4.01. The molecule has 2 rings (SSSR count). The Kier molecular flexibility index (Phi) is 4.63. The van der Waals surface area contributed by atoms with Crippen LogP contribution in [0.5, 0.6) is 0 Å². The van der Waals surface area contributed by atoms with E-state index in [2.05, 4.69) is 35.3 Å². The molecule has 0 aliphatic heterocycles. The molecule has 0 radical (unpaired) electrons. The van der Waals surface area contributed by atoms with E-state index in [1.807, 2.05) is 19.1 Å². The Morgan fingerprint density at radius 1 is 1.35 bits per heavy atom. The first-order valence-electron chi connectivity index (χ1n) is 6.23. The number of rotatable bonds is 4. The summed E-state index contributed by atoms with van der Waals surface area (Å²) in [6.07, 6.45) is 1.74. The Morgan fingerprint density at radius 2 is 2.15 bits per heavy atom. The predicted octanol–water partition coefficient (Wildman–Crippen LogP) is 3.09. The lowest BCUT2D eigenvalue weighted by atomic mass is 10.1. The van der Waals surface area contributed by atoms with E-state index in [-0.39, 0.29) is 5.84 Å². The van der Waals surface area contributed by atoms with Gasteiger partial charge in [-0.25, -0.2) is 4.98 Å². The first kappa shape index (κ1) is 14.4. The maximum atomic E-state index is 8.88. The zero-order valence-electron chi connectivity index (χ0n) is 11.5. The molecule has 20 heavy (non-hydrogen) atoms. The fraction of sp³-hybridized carbons (Fsp3) is 0.200. The average molecular weight is 287 g/mol. The second-order valence-corrected chi connectivity index (χ2v) is 5.54. The van der Waals surface area contributed by atoms with E-state index in [0.29, 0.717) is 5.56 Å². The van der Waals surface area contributed by atoms with Gasteiger partial charge in [-0.1, -0.05) is 35.0 Å². The molecule has 0 spiro atoms. The Hall–Kier alpha value is -2.01. The number of hydrogen-bond donors (Lipinski definition) is 2. The largest absolute Gasteiger partial charge is 0.409 e. The third kappa shape index (κ3) is 3.30. The molecule has 1 heterocycles. The monoisotopic (exact) mass is 287 g/mol. The van der Waals surface area contributed by atoms with Gasteiger partial charge in [-0.3, -0.25) is 0 Å². The van der Waals surface area contributed by atoms with E-state index < -0.39 is 0 Å². The van der Waals surface area contributed by atoms with Gasteiger partial charge in [0.1, 0.15) is 5.03 Å². The van der Waals surface area contributed by atoms with E-state index in [9.17, 15) is 0 Å². The number of amidine groups is 1. The number of thioether (sulfide) groups is 1. The molecule has 5 heteroatoms. The molecule has 0 unspecified atom stereocenters. The van der Waals surface area contributed by atoms with Crippen molar-refractivity contribution in [3.05, 3.63) is 58.8 Å². The Morgan fingerprint density at radius 3 is 2.85 bits per heavy atom. The number of aromatic nitrogens is 1. The van der Waals surface area contributed by atoms with Crippen molar-refractivity contribution < 1.29 is 5.21 Å². The SMILES string of the molecule is Cc1cccc(CSc2nccc(C)c2/C(N)=N/O)c1. The highest BCUT2D eigenvalue weighted by molar-refractivity contribution is 7.98.